The minimum absolute atomic E-state index is 0.00829. The molecule has 2 aromatic carbocycles. The first-order valence-electron chi connectivity index (χ1n) is 6.97. The quantitative estimate of drug-likeness (QED) is 0.457. The molecule has 0 aliphatic rings. The molecule has 0 N–H and O–H groups in total. The molecule has 114 valence electrons. The fourth-order valence-corrected chi connectivity index (χ4v) is 2.12. The van der Waals surface area contributed by atoms with Gasteiger partial charge in [0.15, 0.2) is 6.29 Å². The average molecular weight is 299 g/mol. The summed E-state index contributed by atoms with van der Waals surface area (Å²) in [5.74, 6) is 0.737. The molecule has 2 rings (SSSR count). The normalized spacial score (nSPS) is 10.5. The number of benzene rings is 2. The average Bonchev–Trinajstić information content (AvgIpc) is 2.52. The molecule has 5 nitrogen and oxygen atoms in total. The largest absolute Gasteiger partial charge is 0.488 e. The summed E-state index contributed by atoms with van der Waals surface area (Å²) in [6, 6.07) is 11.8. The molecule has 0 aromatic heterocycles. The lowest BCUT2D eigenvalue weighted by molar-refractivity contribution is -0.385. The highest BCUT2D eigenvalue weighted by Crippen LogP contribution is 2.25. The van der Waals surface area contributed by atoms with E-state index in [1.165, 1.54) is 6.07 Å². The number of ether oxygens (including phenoxy) is 1. The van der Waals surface area contributed by atoms with Crippen molar-refractivity contribution >= 4 is 12.0 Å². The maximum atomic E-state index is 11.2. The molecule has 0 saturated carbocycles. The van der Waals surface area contributed by atoms with Crippen molar-refractivity contribution in [3.05, 3.63) is 69.3 Å². The van der Waals surface area contributed by atoms with Gasteiger partial charge in [0.2, 0.25) is 0 Å². The van der Waals surface area contributed by atoms with Crippen molar-refractivity contribution in [3.63, 3.8) is 0 Å². The summed E-state index contributed by atoms with van der Waals surface area (Å²) in [7, 11) is 0. The summed E-state index contributed by atoms with van der Waals surface area (Å²) in [6.07, 6.45) is 0.737. The van der Waals surface area contributed by atoms with Gasteiger partial charge in [0.05, 0.1) is 16.1 Å². The van der Waals surface area contributed by atoms with Gasteiger partial charge in [-0.3, -0.25) is 14.9 Å². The van der Waals surface area contributed by atoms with Gasteiger partial charge in [0.25, 0.3) is 5.69 Å². The maximum absolute atomic E-state index is 11.2. The van der Waals surface area contributed by atoms with Crippen LogP contribution in [-0.2, 0) is 6.61 Å². The molecule has 0 bridgehead atoms. The van der Waals surface area contributed by atoms with E-state index in [4.69, 9.17) is 4.74 Å². The lowest BCUT2D eigenvalue weighted by Crippen LogP contribution is -2.02. The molecule has 0 fully saturated rings. The molecular formula is C17H17NO4. The third-order valence-electron chi connectivity index (χ3n) is 3.40. The van der Waals surface area contributed by atoms with Crippen LogP contribution in [0.3, 0.4) is 0 Å². The van der Waals surface area contributed by atoms with Crippen LogP contribution in [-0.4, -0.2) is 11.2 Å². The van der Waals surface area contributed by atoms with Crippen molar-refractivity contribution in [3.8, 4) is 5.75 Å². The maximum Gasteiger partial charge on any atom is 0.276 e. The zero-order valence-corrected chi connectivity index (χ0v) is 12.5. The topological polar surface area (TPSA) is 69.4 Å². The van der Waals surface area contributed by atoms with Gasteiger partial charge < -0.3 is 4.74 Å². The Hall–Kier alpha value is -2.69. The molecule has 0 aliphatic carbocycles. The first-order chi connectivity index (χ1) is 10.5. The lowest BCUT2D eigenvalue weighted by atomic mass is 10.0. The van der Waals surface area contributed by atoms with Crippen LogP contribution in [0.15, 0.2) is 42.5 Å². The summed E-state index contributed by atoms with van der Waals surface area (Å²) in [5, 5.41) is 11.0. The van der Waals surface area contributed by atoms with Crippen LogP contribution in [0.4, 0.5) is 5.69 Å². The van der Waals surface area contributed by atoms with Crippen LogP contribution >= 0.6 is 0 Å². The fraction of sp³-hybridized carbons (Fsp3) is 0.235. The van der Waals surface area contributed by atoms with Gasteiger partial charge in [-0.15, -0.1) is 0 Å². The standard InChI is InChI=1S/C17H17NO4/c1-12(2)13-7-8-17(15(9-13)10-19)22-11-14-5-3-4-6-16(14)18(20)21/h3-10,12H,11H2,1-2H3. The zero-order valence-electron chi connectivity index (χ0n) is 12.5. The number of hydrogen-bond donors (Lipinski definition) is 0. The molecule has 5 heteroatoms. The first-order valence-corrected chi connectivity index (χ1v) is 6.97. The van der Waals surface area contributed by atoms with Crippen LogP contribution in [0.25, 0.3) is 0 Å². The van der Waals surface area contributed by atoms with Gasteiger partial charge in [-0.2, -0.15) is 0 Å². The molecule has 0 unspecified atom stereocenters. The van der Waals surface area contributed by atoms with Gasteiger partial charge in [-0.05, 0) is 29.7 Å². The predicted molar refractivity (Wildman–Crippen MR) is 83.3 cm³/mol. The number of aldehydes is 1. The third kappa shape index (κ3) is 3.49. The highest BCUT2D eigenvalue weighted by atomic mass is 16.6. The smallest absolute Gasteiger partial charge is 0.276 e. The Kier molecular flexibility index (Phi) is 4.88. The van der Waals surface area contributed by atoms with Gasteiger partial charge in [0, 0.05) is 6.07 Å². The highest BCUT2D eigenvalue weighted by molar-refractivity contribution is 5.79. The summed E-state index contributed by atoms with van der Waals surface area (Å²) in [4.78, 5) is 21.7. The third-order valence-corrected chi connectivity index (χ3v) is 3.40. The molecule has 0 atom stereocenters. The number of nitro benzene ring substituents is 1. The molecule has 0 aliphatic heterocycles. The molecule has 22 heavy (non-hydrogen) atoms. The van der Waals surface area contributed by atoms with E-state index >= 15 is 0 Å². The number of nitrogens with zero attached hydrogens (tertiary/aromatic N) is 1. The van der Waals surface area contributed by atoms with Gasteiger partial charge >= 0.3 is 0 Å². The second-order valence-corrected chi connectivity index (χ2v) is 5.24. The highest BCUT2D eigenvalue weighted by Gasteiger charge is 2.14. The molecule has 2 aromatic rings. The van der Waals surface area contributed by atoms with E-state index in [0.29, 0.717) is 22.8 Å². The lowest BCUT2D eigenvalue weighted by Gasteiger charge is -2.12. The molecule has 0 amide bonds. The fourth-order valence-electron chi connectivity index (χ4n) is 2.12. The number of para-hydroxylation sites is 1. The van der Waals surface area contributed by atoms with Gasteiger partial charge in [-0.25, -0.2) is 0 Å². The van der Waals surface area contributed by atoms with Gasteiger partial charge in [-0.1, -0.05) is 32.0 Å². The van der Waals surface area contributed by atoms with E-state index in [2.05, 4.69) is 0 Å². The van der Waals surface area contributed by atoms with E-state index in [1.807, 2.05) is 19.9 Å². The van der Waals surface area contributed by atoms with E-state index < -0.39 is 4.92 Å². The van der Waals surface area contributed by atoms with Crippen molar-refractivity contribution in [1.82, 2.24) is 0 Å². The minimum Gasteiger partial charge on any atom is -0.488 e. The Morgan fingerprint density at radius 3 is 2.59 bits per heavy atom. The summed E-state index contributed by atoms with van der Waals surface area (Å²) < 4.78 is 5.60. The Balaban J connectivity index is 2.22. The van der Waals surface area contributed by atoms with Crippen molar-refractivity contribution in [1.29, 1.82) is 0 Å². The van der Waals surface area contributed by atoms with Crippen molar-refractivity contribution in [2.75, 3.05) is 0 Å². The molecule has 0 spiro atoms. The Labute approximate surface area is 128 Å². The van der Waals surface area contributed by atoms with Crippen molar-refractivity contribution in [2.24, 2.45) is 0 Å². The molecule has 0 heterocycles. The second kappa shape index (κ2) is 6.85. The Morgan fingerprint density at radius 1 is 1.23 bits per heavy atom. The molecule has 0 saturated heterocycles. The second-order valence-electron chi connectivity index (χ2n) is 5.24. The van der Waals surface area contributed by atoms with E-state index in [9.17, 15) is 14.9 Å². The van der Waals surface area contributed by atoms with Crippen molar-refractivity contribution < 1.29 is 14.5 Å². The minimum atomic E-state index is -0.443. The zero-order chi connectivity index (χ0) is 16.1. The molecule has 0 radical (unpaired) electrons. The van der Waals surface area contributed by atoms with Crippen LogP contribution in [0, 0.1) is 10.1 Å². The van der Waals surface area contributed by atoms with E-state index in [0.717, 1.165) is 11.8 Å². The monoisotopic (exact) mass is 299 g/mol. The molecular weight excluding hydrogens is 282 g/mol. The summed E-state index contributed by atoms with van der Waals surface area (Å²) in [5.41, 5.74) is 1.97. The SMILES string of the molecule is CC(C)c1ccc(OCc2ccccc2[N+](=O)[O-])c(C=O)c1. The summed E-state index contributed by atoms with van der Waals surface area (Å²) >= 11 is 0. The van der Waals surface area contributed by atoms with Gasteiger partial charge in [0.1, 0.15) is 12.4 Å². The number of hydrogen-bond acceptors (Lipinski definition) is 4. The number of rotatable bonds is 6. The van der Waals surface area contributed by atoms with Crippen molar-refractivity contribution in [2.45, 2.75) is 26.4 Å². The number of carbonyl (C=O) groups excluding carboxylic acids is 1. The predicted octanol–water partition coefficient (Wildman–Crippen LogP) is 4.11. The summed E-state index contributed by atoms with van der Waals surface area (Å²) in [6.45, 7) is 4.12. The van der Waals surface area contributed by atoms with Crippen LogP contribution < -0.4 is 4.74 Å². The number of carbonyl (C=O) groups is 1. The Bertz CT molecular complexity index is 695. The van der Waals surface area contributed by atoms with E-state index in [-0.39, 0.29) is 12.3 Å². The first kappa shape index (κ1) is 15.7. The Morgan fingerprint density at radius 2 is 1.95 bits per heavy atom. The number of nitro groups is 1. The van der Waals surface area contributed by atoms with Crippen LogP contribution in [0.5, 0.6) is 5.75 Å². The van der Waals surface area contributed by atoms with Crippen LogP contribution in [0.1, 0.15) is 41.3 Å². The van der Waals surface area contributed by atoms with E-state index in [1.54, 1.807) is 30.3 Å². The van der Waals surface area contributed by atoms with Crippen LogP contribution in [0.2, 0.25) is 0 Å².